The molecule has 132 valence electrons. The Bertz CT molecular complexity index is 1010. The van der Waals surface area contributed by atoms with Crippen molar-refractivity contribution in [2.75, 3.05) is 5.73 Å². The summed E-state index contributed by atoms with van der Waals surface area (Å²) in [5, 5.41) is 29.1. The van der Waals surface area contributed by atoms with Gasteiger partial charge in [-0.2, -0.15) is 9.78 Å². The molecule has 0 saturated carbocycles. The third-order valence-electron chi connectivity index (χ3n) is 3.21. The monoisotopic (exact) mass is 357 g/mol. The lowest BCUT2D eigenvalue weighted by atomic mass is 10.2. The van der Waals surface area contributed by atoms with Gasteiger partial charge >= 0.3 is 0 Å². The molecule has 0 aliphatic carbocycles. The van der Waals surface area contributed by atoms with Gasteiger partial charge in [-0.15, -0.1) is 5.10 Å². The molecule has 0 fully saturated rings. The molecule has 13 heteroatoms. The van der Waals surface area contributed by atoms with E-state index < -0.39 is 10.8 Å². The lowest BCUT2D eigenvalue weighted by Gasteiger charge is -2.02. The second-order valence-electron chi connectivity index (χ2n) is 4.96. The molecule has 1 amide bonds. The predicted molar refractivity (Wildman–Crippen MR) is 86.5 cm³/mol. The number of anilines is 1. The van der Waals surface area contributed by atoms with Crippen molar-refractivity contribution in [2.45, 2.75) is 6.92 Å². The van der Waals surface area contributed by atoms with Crippen LogP contribution in [0.3, 0.4) is 0 Å². The maximum Gasteiger partial charge on any atom is 0.292 e. The molecule has 13 nitrogen and oxygen atoms in total. The molecular formula is C13H11N9O4. The zero-order valence-electron chi connectivity index (χ0n) is 13.2. The summed E-state index contributed by atoms with van der Waals surface area (Å²) >= 11 is 0. The number of nitro benzene ring substituents is 1. The standard InChI is InChI=1S/C13H11N9O4/c1-7-10(21(20-16-7)12-11(14)18-26-19-12)13(23)17-15-6-8-3-2-4-9(5-8)22(24)25/h2-6H,1H3,(H2,14,18)(H,17,23). The van der Waals surface area contributed by atoms with Crippen LogP contribution in [0.4, 0.5) is 11.5 Å². The Morgan fingerprint density at radius 2 is 2.27 bits per heavy atom. The van der Waals surface area contributed by atoms with Crippen molar-refractivity contribution >= 4 is 23.6 Å². The number of benzene rings is 1. The fourth-order valence-electron chi connectivity index (χ4n) is 2.04. The summed E-state index contributed by atoms with van der Waals surface area (Å²) in [6.07, 6.45) is 1.26. The molecule has 1 aromatic carbocycles. The third-order valence-corrected chi connectivity index (χ3v) is 3.21. The lowest BCUT2D eigenvalue weighted by Crippen LogP contribution is -2.22. The van der Waals surface area contributed by atoms with E-state index in [0.717, 1.165) is 4.68 Å². The van der Waals surface area contributed by atoms with Crippen molar-refractivity contribution in [3.05, 3.63) is 51.3 Å². The molecule has 0 aliphatic heterocycles. The maximum absolute atomic E-state index is 12.4. The van der Waals surface area contributed by atoms with Gasteiger partial charge in [-0.05, 0) is 17.2 Å². The second-order valence-corrected chi connectivity index (χ2v) is 4.96. The van der Waals surface area contributed by atoms with Crippen LogP contribution in [0.1, 0.15) is 21.7 Å². The van der Waals surface area contributed by atoms with Crippen molar-refractivity contribution in [3.8, 4) is 5.82 Å². The minimum absolute atomic E-state index is 0.0124. The topological polar surface area (TPSA) is 180 Å². The van der Waals surface area contributed by atoms with Gasteiger partial charge in [0.15, 0.2) is 5.69 Å². The minimum atomic E-state index is -0.642. The van der Waals surface area contributed by atoms with Gasteiger partial charge in [0.25, 0.3) is 11.6 Å². The first-order chi connectivity index (χ1) is 12.5. The van der Waals surface area contributed by atoms with E-state index in [1.807, 2.05) is 0 Å². The van der Waals surface area contributed by atoms with Crippen LogP contribution in [0.5, 0.6) is 0 Å². The summed E-state index contributed by atoms with van der Waals surface area (Å²) in [4.78, 5) is 22.6. The number of aromatic nitrogens is 5. The molecule has 0 spiro atoms. The average Bonchev–Trinajstić information content (AvgIpc) is 3.20. The molecule has 2 aromatic heterocycles. The Balaban J connectivity index is 1.79. The zero-order valence-corrected chi connectivity index (χ0v) is 13.2. The number of non-ortho nitro benzene ring substituents is 1. The highest BCUT2D eigenvalue weighted by atomic mass is 16.6. The molecule has 26 heavy (non-hydrogen) atoms. The number of nitro groups is 1. The number of carbonyl (C=O) groups is 1. The summed E-state index contributed by atoms with van der Waals surface area (Å²) < 4.78 is 5.55. The van der Waals surface area contributed by atoms with Crippen LogP contribution < -0.4 is 11.2 Å². The summed E-state index contributed by atoms with van der Waals surface area (Å²) in [5.74, 6) is -0.695. The number of nitrogen functional groups attached to an aromatic ring is 1. The van der Waals surface area contributed by atoms with Gasteiger partial charge in [0.05, 0.1) is 16.8 Å². The highest BCUT2D eigenvalue weighted by molar-refractivity contribution is 5.94. The van der Waals surface area contributed by atoms with E-state index in [1.54, 1.807) is 13.0 Å². The Labute approximate surface area is 144 Å². The van der Waals surface area contributed by atoms with Crippen LogP contribution in [-0.4, -0.2) is 42.4 Å². The second kappa shape index (κ2) is 6.76. The number of aryl methyl sites for hydroxylation is 1. The Morgan fingerprint density at radius 1 is 1.46 bits per heavy atom. The Kier molecular flexibility index (Phi) is 4.34. The number of nitrogens with one attached hydrogen (secondary N) is 1. The molecule has 0 aliphatic rings. The Morgan fingerprint density at radius 3 is 2.96 bits per heavy atom. The summed E-state index contributed by atoms with van der Waals surface area (Å²) in [6, 6.07) is 5.76. The van der Waals surface area contributed by atoms with Crippen LogP contribution in [0.2, 0.25) is 0 Å². The number of hydrogen-bond donors (Lipinski definition) is 2. The van der Waals surface area contributed by atoms with Crippen LogP contribution in [0.15, 0.2) is 34.0 Å². The van der Waals surface area contributed by atoms with Crippen molar-refractivity contribution in [1.82, 2.24) is 30.7 Å². The third kappa shape index (κ3) is 3.21. The molecule has 0 radical (unpaired) electrons. The van der Waals surface area contributed by atoms with Crippen LogP contribution in [0, 0.1) is 17.0 Å². The van der Waals surface area contributed by atoms with Gasteiger partial charge < -0.3 is 5.73 Å². The lowest BCUT2D eigenvalue weighted by molar-refractivity contribution is -0.384. The van der Waals surface area contributed by atoms with E-state index in [4.69, 9.17) is 5.73 Å². The van der Waals surface area contributed by atoms with E-state index >= 15 is 0 Å². The van der Waals surface area contributed by atoms with Gasteiger partial charge in [0.2, 0.25) is 11.6 Å². The van der Waals surface area contributed by atoms with Crippen molar-refractivity contribution in [3.63, 3.8) is 0 Å². The zero-order chi connectivity index (χ0) is 18.7. The molecule has 0 atom stereocenters. The highest BCUT2D eigenvalue weighted by Gasteiger charge is 2.22. The first kappa shape index (κ1) is 16.7. The Hall–Kier alpha value is -4.16. The molecular weight excluding hydrogens is 346 g/mol. The number of nitrogens with zero attached hydrogens (tertiary/aromatic N) is 7. The van der Waals surface area contributed by atoms with Crippen molar-refractivity contribution < 1.29 is 14.3 Å². The fraction of sp³-hybridized carbons (Fsp3) is 0.0769. The van der Waals surface area contributed by atoms with E-state index in [1.165, 1.54) is 24.4 Å². The van der Waals surface area contributed by atoms with E-state index in [9.17, 15) is 14.9 Å². The molecule has 3 N–H and O–H groups in total. The van der Waals surface area contributed by atoms with Gasteiger partial charge in [-0.1, -0.05) is 17.3 Å². The summed E-state index contributed by atoms with van der Waals surface area (Å²) in [7, 11) is 0. The molecule has 0 bridgehead atoms. The van der Waals surface area contributed by atoms with Crippen molar-refractivity contribution in [1.29, 1.82) is 0 Å². The molecule has 2 heterocycles. The number of carbonyl (C=O) groups excluding carboxylic acids is 1. The SMILES string of the molecule is Cc1nnn(-c2nonc2N)c1C(=O)NN=Cc1cccc([N+](=O)[O-])c1. The van der Waals surface area contributed by atoms with E-state index in [-0.39, 0.29) is 23.0 Å². The highest BCUT2D eigenvalue weighted by Crippen LogP contribution is 2.15. The van der Waals surface area contributed by atoms with Gasteiger partial charge in [-0.25, -0.2) is 10.1 Å². The average molecular weight is 357 g/mol. The molecule has 3 aromatic rings. The fourth-order valence-corrected chi connectivity index (χ4v) is 2.04. The summed E-state index contributed by atoms with van der Waals surface area (Å²) in [5.41, 5.74) is 8.56. The normalized spacial score (nSPS) is 11.0. The number of nitrogens with two attached hydrogens (primary N) is 1. The predicted octanol–water partition coefficient (Wildman–Crippen LogP) is 0.213. The molecule has 0 unspecified atom stereocenters. The van der Waals surface area contributed by atoms with Crippen LogP contribution in [-0.2, 0) is 0 Å². The van der Waals surface area contributed by atoms with E-state index in [0.29, 0.717) is 11.3 Å². The molecule has 0 saturated heterocycles. The van der Waals surface area contributed by atoms with Gasteiger partial charge in [0.1, 0.15) is 0 Å². The van der Waals surface area contributed by atoms with Gasteiger partial charge in [0, 0.05) is 17.7 Å². The number of hydrazone groups is 1. The number of hydrogen-bond acceptors (Lipinski definition) is 10. The summed E-state index contributed by atoms with van der Waals surface area (Å²) in [6.45, 7) is 1.56. The maximum atomic E-state index is 12.4. The number of amides is 1. The smallest absolute Gasteiger partial charge is 0.292 e. The van der Waals surface area contributed by atoms with E-state index in [2.05, 4.69) is 35.8 Å². The quantitative estimate of drug-likeness (QED) is 0.366. The van der Waals surface area contributed by atoms with Crippen LogP contribution in [0.25, 0.3) is 5.82 Å². The van der Waals surface area contributed by atoms with Crippen molar-refractivity contribution in [2.24, 2.45) is 5.10 Å². The molecule has 3 rings (SSSR count). The first-order valence-corrected chi connectivity index (χ1v) is 7.06. The first-order valence-electron chi connectivity index (χ1n) is 7.06. The largest absolute Gasteiger partial charge is 0.378 e. The number of rotatable bonds is 5. The van der Waals surface area contributed by atoms with Crippen LogP contribution >= 0.6 is 0 Å². The minimum Gasteiger partial charge on any atom is -0.378 e. The van der Waals surface area contributed by atoms with Gasteiger partial charge in [-0.3, -0.25) is 14.9 Å².